The highest BCUT2D eigenvalue weighted by Gasteiger charge is 2.26. The minimum Gasteiger partial charge on any atom is -0.393 e. The molecule has 1 amide bonds. The third-order valence-electron chi connectivity index (χ3n) is 3.99. The van der Waals surface area contributed by atoms with Gasteiger partial charge in [0.1, 0.15) is 0 Å². The fraction of sp³-hybridized carbons (Fsp3) is 0.471. The van der Waals surface area contributed by atoms with Gasteiger partial charge in [-0.25, -0.2) is 0 Å². The lowest BCUT2D eigenvalue weighted by molar-refractivity contribution is 0.0521. The zero-order valence-corrected chi connectivity index (χ0v) is 12.4. The number of rotatable bonds is 2. The molecule has 1 atom stereocenters. The Balaban J connectivity index is 2.11. The minimum absolute atomic E-state index is 0.0148. The summed E-state index contributed by atoms with van der Waals surface area (Å²) in [6.45, 7) is 3.47. The minimum atomic E-state index is -0.301. The molecule has 0 spiro atoms. The van der Waals surface area contributed by atoms with E-state index in [1.54, 1.807) is 0 Å². The first kappa shape index (κ1) is 15.6. The van der Waals surface area contributed by atoms with Gasteiger partial charge in [-0.1, -0.05) is 24.0 Å². The molecule has 3 N–H and O–H groups in total. The van der Waals surface area contributed by atoms with Crippen molar-refractivity contribution >= 4 is 5.91 Å². The maximum absolute atomic E-state index is 12.6. The van der Waals surface area contributed by atoms with E-state index in [-0.39, 0.29) is 18.6 Å². The molecule has 2 rings (SSSR count). The van der Waals surface area contributed by atoms with E-state index in [0.717, 1.165) is 18.4 Å². The van der Waals surface area contributed by atoms with Crippen LogP contribution in [0.25, 0.3) is 0 Å². The topological polar surface area (TPSA) is 66.6 Å². The lowest BCUT2D eigenvalue weighted by Gasteiger charge is -2.33. The number of amides is 1. The molecule has 0 radical (unpaired) electrons. The van der Waals surface area contributed by atoms with Crippen LogP contribution in [0, 0.1) is 17.8 Å². The van der Waals surface area contributed by atoms with Crippen molar-refractivity contribution in [1.82, 2.24) is 4.90 Å². The Hall–Kier alpha value is -1.83. The zero-order chi connectivity index (χ0) is 15.2. The van der Waals surface area contributed by atoms with Crippen LogP contribution in [-0.4, -0.2) is 41.7 Å². The SMILES string of the molecule is CC(O)C1CCN(C(=O)c2ccccc2C#CCN)CC1. The average Bonchev–Trinajstić information content (AvgIpc) is 2.52. The number of hydrogen-bond acceptors (Lipinski definition) is 3. The van der Waals surface area contributed by atoms with Crippen molar-refractivity contribution in [2.24, 2.45) is 11.7 Å². The Morgan fingerprint density at radius 2 is 2.10 bits per heavy atom. The Kier molecular flexibility index (Phi) is 5.38. The molecule has 1 aliphatic rings. The summed E-state index contributed by atoms with van der Waals surface area (Å²) in [5.74, 6) is 6.06. The van der Waals surface area contributed by atoms with Gasteiger partial charge in [-0.05, 0) is 37.8 Å². The third-order valence-corrected chi connectivity index (χ3v) is 3.99. The highest BCUT2D eigenvalue weighted by molar-refractivity contribution is 5.96. The summed E-state index contributed by atoms with van der Waals surface area (Å²) >= 11 is 0. The van der Waals surface area contributed by atoms with Gasteiger partial charge in [-0.15, -0.1) is 0 Å². The normalized spacial score (nSPS) is 17.0. The second-order valence-corrected chi connectivity index (χ2v) is 5.42. The summed E-state index contributed by atoms with van der Waals surface area (Å²) < 4.78 is 0. The fourth-order valence-electron chi connectivity index (χ4n) is 2.68. The van der Waals surface area contributed by atoms with Crippen molar-refractivity contribution in [3.63, 3.8) is 0 Å². The molecule has 4 nitrogen and oxygen atoms in total. The summed E-state index contributed by atoms with van der Waals surface area (Å²) in [5.41, 5.74) is 6.76. The summed E-state index contributed by atoms with van der Waals surface area (Å²) in [5, 5.41) is 9.63. The van der Waals surface area contributed by atoms with Gasteiger partial charge in [0.15, 0.2) is 0 Å². The average molecular weight is 286 g/mol. The number of nitrogens with zero attached hydrogens (tertiary/aromatic N) is 1. The number of aliphatic hydroxyl groups excluding tert-OH is 1. The molecule has 1 heterocycles. The first-order valence-corrected chi connectivity index (χ1v) is 7.38. The second kappa shape index (κ2) is 7.26. The van der Waals surface area contributed by atoms with Gasteiger partial charge in [-0.2, -0.15) is 0 Å². The van der Waals surface area contributed by atoms with E-state index in [9.17, 15) is 9.90 Å². The summed E-state index contributed by atoms with van der Waals surface area (Å²) in [6, 6.07) is 7.38. The van der Waals surface area contributed by atoms with Crippen LogP contribution in [0.4, 0.5) is 0 Å². The number of nitrogens with two attached hydrogens (primary N) is 1. The highest BCUT2D eigenvalue weighted by atomic mass is 16.3. The van der Waals surface area contributed by atoms with E-state index in [2.05, 4.69) is 11.8 Å². The van der Waals surface area contributed by atoms with Crippen LogP contribution in [0.1, 0.15) is 35.7 Å². The number of likely N-dealkylation sites (tertiary alicyclic amines) is 1. The Labute approximate surface area is 125 Å². The highest BCUT2D eigenvalue weighted by Crippen LogP contribution is 2.22. The maximum Gasteiger partial charge on any atom is 0.255 e. The van der Waals surface area contributed by atoms with Gasteiger partial charge in [0.2, 0.25) is 0 Å². The van der Waals surface area contributed by atoms with E-state index in [1.165, 1.54) is 0 Å². The van der Waals surface area contributed by atoms with Gasteiger partial charge in [0.05, 0.1) is 18.2 Å². The molecular weight excluding hydrogens is 264 g/mol. The zero-order valence-electron chi connectivity index (χ0n) is 12.4. The first-order valence-electron chi connectivity index (χ1n) is 7.38. The molecule has 0 aromatic heterocycles. The first-order chi connectivity index (χ1) is 10.1. The molecule has 21 heavy (non-hydrogen) atoms. The van der Waals surface area contributed by atoms with Crippen LogP contribution in [0.3, 0.4) is 0 Å². The smallest absolute Gasteiger partial charge is 0.255 e. The molecule has 0 saturated carbocycles. The largest absolute Gasteiger partial charge is 0.393 e. The third kappa shape index (κ3) is 3.84. The van der Waals surface area contributed by atoms with Gasteiger partial charge < -0.3 is 15.7 Å². The van der Waals surface area contributed by atoms with E-state index in [0.29, 0.717) is 24.6 Å². The molecule has 0 aliphatic carbocycles. The molecule has 1 aromatic carbocycles. The molecule has 1 aromatic rings. The van der Waals surface area contributed by atoms with E-state index in [1.807, 2.05) is 36.1 Å². The standard InChI is InChI=1S/C17H22N2O2/c1-13(20)14-8-11-19(12-9-14)17(21)16-7-3-2-5-15(16)6-4-10-18/h2-3,5,7,13-14,20H,8-12,18H2,1H3. The summed E-state index contributed by atoms with van der Waals surface area (Å²) in [4.78, 5) is 14.5. The molecule has 1 saturated heterocycles. The Bertz CT molecular complexity index is 549. The van der Waals surface area contributed by atoms with Gasteiger partial charge in [0, 0.05) is 18.7 Å². The van der Waals surface area contributed by atoms with Crippen molar-refractivity contribution in [1.29, 1.82) is 0 Å². The fourth-order valence-corrected chi connectivity index (χ4v) is 2.68. The van der Waals surface area contributed by atoms with Gasteiger partial charge in [-0.3, -0.25) is 4.79 Å². The van der Waals surface area contributed by atoms with Crippen molar-refractivity contribution in [3.8, 4) is 11.8 Å². The van der Waals surface area contributed by atoms with Crippen LogP contribution in [0.2, 0.25) is 0 Å². The van der Waals surface area contributed by atoms with Crippen LogP contribution >= 0.6 is 0 Å². The van der Waals surface area contributed by atoms with Crippen LogP contribution < -0.4 is 5.73 Å². The van der Waals surface area contributed by atoms with Crippen LogP contribution in [-0.2, 0) is 0 Å². The van der Waals surface area contributed by atoms with Gasteiger partial charge >= 0.3 is 0 Å². The van der Waals surface area contributed by atoms with Crippen molar-refractivity contribution in [2.45, 2.75) is 25.9 Å². The Morgan fingerprint density at radius 3 is 2.71 bits per heavy atom. The van der Waals surface area contributed by atoms with Gasteiger partial charge in [0.25, 0.3) is 5.91 Å². The van der Waals surface area contributed by atoms with Crippen LogP contribution in [0.5, 0.6) is 0 Å². The van der Waals surface area contributed by atoms with E-state index in [4.69, 9.17) is 5.73 Å². The molecule has 1 fully saturated rings. The quantitative estimate of drug-likeness (QED) is 0.804. The molecular formula is C17H22N2O2. The number of aliphatic hydroxyl groups is 1. The number of benzene rings is 1. The molecule has 0 bridgehead atoms. The monoisotopic (exact) mass is 286 g/mol. The van der Waals surface area contributed by atoms with Crippen molar-refractivity contribution < 1.29 is 9.90 Å². The van der Waals surface area contributed by atoms with E-state index >= 15 is 0 Å². The van der Waals surface area contributed by atoms with Crippen molar-refractivity contribution in [3.05, 3.63) is 35.4 Å². The predicted octanol–water partition coefficient (Wildman–Crippen LogP) is 1.23. The van der Waals surface area contributed by atoms with Crippen molar-refractivity contribution in [2.75, 3.05) is 19.6 Å². The molecule has 4 heteroatoms. The predicted molar refractivity (Wildman–Crippen MR) is 82.7 cm³/mol. The summed E-state index contributed by atoms with van der Waals surface area (Å²) in [6.07, 6.45) is 1.39. The maximum atomic E-state index is 12.6. The number of carbonyl (C=O) groups excluding carboxylic acids is 1. The molecule has 1 unspecified atom stereocenters. The molecule has 112 valence electrons. The lowest BCUT2D eigenvalue weighted by Crippen LogP contribution is -2.41. The second-order valence-electron chi connectivity index (χ2n) is 5.42. The number of carbonyl (C=O) groups is 1. The number of hydrogen-bond donors (Lipinski definition) is 2. The Morgan fingerprint density at radius 1 is 1.43 bits per heavy atom. The molecule has 1 aliphatic heterocycles. The van der Waals surface area contributed by atoms with Crippen LogP contribution in [0.15, 0.2) is 24.3 Å². The number of piperidine rings is 1. The van der Waals surface area contributed by atoms with E-state index < -0.39 is 0 Å². The lowest BCUT2D eigenvalue weighted by atomic mass is 9.91. The summed E-state index contributed by atoms with van der Waals surface area (Å²) in [7, 11) is 0.